The zero-order valence-corrected chi connectivity index (χ0v) is 9.54. The Morgan fingerprint density at radius 2 is 1.54 bits per heavy atom. The van der Waals surface area contributed by atoms with E-state index in [1.807, 2.05) is 4.90 Å². The predicted octanol–water partition coefficient (Wildman–Crippen LogP) is 3.55. The highest BCUT2D eigenvalue weighted by Crippen LogP contribution is 2.18. The van der Waals surface area contributed by atoms with E-state index in [9.17, 15) is 0 Å². The third-order valence-electron chi connectivity index (χ3n) is 1.34. The van der Waals surface area contributed by atoms with E-state index in [1.165, 1.54) is 0 Å². The molecule has 0 rings (SSSR count). The van der Waals surface area contributed by atoms with Gasteiger partial charge in [0.2, 0.25) is 0 Å². The highest BCUT2D eigenvalue weighted by atomic mass is 35.5. The minimum absolute atomic E-state index is 0.111. The first-order valence-corrected chi connectivity index (χ1v) is 4.89. The van der Waals surface area contributed by atoms with E-state index in [-0.39, 0.29) is 4.49 Å². The Kier molecular flexibility index (Phi) is 7.48. The van der Waals surface area contributed by atoms with Crippen LogP contribution in [0.2, 0.25) is 0 Å². The number of hydrogen-bond acceptors (Lipinski definition) is 1. The van der Waals surface area contributed by atoms with Crippen molar-refractivity contribution in [3.63, 3.8) is 0 Å². The summed E-state index contributed by atoms with van der Waals surface area (Å²) < 4.78 is 0.111. The van der Waals surface area contributed by atoms with Crippen molar-refractivity contribution in [2.24, 2.45) is 0 Å². The van der Waals surface area contributed by atoms with Crippen molar-refractivity contribution in [3.8, 4) is 0 Å². The molecule has 13 heavy (non-hydrogen) atoms. The van der Waals surface area contributed by atoms with Gasteiger partial charge in [0.05, 0.1) is 5.03 Å². The molecule has 0 aromatic rings. The molecule has 0 N–H and O–H groups in total. The average molecular weight is 241 g/mol. The van der Waals surface area contributed by atoms with Crippen LogP contribution in [0.3, 0.4) is 0 Å². The molecule has 0 fully saturated rings. The molecular weight excluding hydrogens is 228 g/mol. The van der Waals surface area contributed by atoms with Gasteiger partial charge in [0, 0.05) is 19.6 Å². The second-order valence-electron chi connectivity index (χ2n) is 2.44. The van der Waals surface area contributed by atoms with Gasteiger partial charge in [0.1, 0.15) is 4.49 Å². The Morgan fingerprint density at radius 1 is 1.08 bits per heavy atom. The molecule has 0 aromatic heterocycles. The van der Waals surface area contributed by atoms with Gasteiger partial charge in [-0.25, -0.2) is 0 Å². The van der Waals surface area contributed by atoms with Gasteiger partial charge < -0.3 is 0 Å². The van der Waals surface area contributed by atoms with Crippen LogP contribution in [-0.2, 0) is 0 Å². The van der Waals surface area contributed by atoms with Crippen molar-refractivity contribution in [2.45, 2.75) is 0 Å². The summed E-state index contributed by atoms with van der Waals surface area (Å²) in [6.07, 6.45) is 3.58. The minimum atomic E-state index is 0.111. The first-order valence-electron chi connectivity index (χ1n) is 3.75. The lowest BCUT2D eigenvalue weighted by molar-refractivity contribution is 0.370. The molecule has 0 heterocycles. The minimum Gasteiger partial charge on any atom is -0.291 e. The molecule has 74 valence electrons. The Balaban J connectivity index is 4.16. The molecular formula is C9H12Cl3N. The highest BCUT2D eigenvalue weighted by Gasteiger charge is 2.05. The maximum Gasteiger partial charge on any atom is 0.122 e. The Morgan fingerprint density at radius 3 is 1.85 bits per heavy atom. The first-order chi connectivity index (χ1) is 6.11. The van der Waals surface area contributed by atoms with Gasteiger partial charge in [-0.1, -0.05) is 47.0 Å². The van der Waals surface area contributed by atoms with E-state index in [4.69, 9.17) is 34.8 Å². The van der Waals surface area contributed by atoms with Crippen molar-refractivity contribution in [1.29, 1.82) is 0 Å². The van der Waals surface area contributed by atoms with Crippen LogP contribution in [0.4, 0.5) is 0 Å². The third kappa shape index (κ3) is 6.17. The second kappa shape index (κ2) is 7.45. The highest BCUT2D eigenvalue weighted by molar-refractivity contribution is 6.59. The van der Waals surface area contributed by atoms with E-state index < -0.39 is 0 Å². The Bertz CT molecular complexity index is 197. The van der Waals surface area contributed by atoms with Gasteiger partial charge in [0.25, 0.3) is 0 Å². The summed E-state index contributed by atoms with van der Waals surface area (Å²) in [5.41, 5.74) is 0. The molecule has 0 spiro atoms. The molecule has 0 unspecified atom stereocenters. The van der Waals surface area contributed by atoms with E-state index >= 15 is 0 Å². The number of halogens is 3. The fourth-order valence-corrected chi connectivity index (χ4v) is 1.11. The van der Waals surface area contributed by atoms with Crippen LogP contribution in [0, 0.1) is 0 Å². The predicted molar refractivity (Wildman–Crippen MR) is 61.4 cm³/mol. The van der Waals surface area contributed by atoms with Crippen LogP contribution in [-0.4, -0.2) is 24.5 Å². The number of nitrogens with zero attached hydrogens (tertiary/aromatic N) is 1. The standard InChI is InChI=1S/C9H12Cl3N/c1-3-5-13(6-4-2)7-8(10)9(11)12/h3-4H,1-2,5-7H2. The lowest BCUT2D eigenvalue weighted by Gasteiger charge is -2.17. The fraction of sp³-hybridized carbons (Fsp3) is 0.333. The molecule has 0 saturated heterocycles. The van der Waals surface area contributed by atoms with E-state index in [2.05, 4.69) is 13.2 Å². The Hall–Kier alpha value is 0.0500. The molecule has 0 atom stereocenters. The van der Waals surface area contributed by atoms with Crippen LogP contribution in [0.15, 0.2) is 34.8 Å². The van der Waals surface area contributed by atoms with Crippen molar-refractivity contribution in [2.75, 3.05) is 19.6 Å². The number of rotatable bonds is 6. The maximum absolute atomic E-state index is 5.79. The monoisotopic (exact) mass is 239 g/mol. The number of hydrogen-bond donors (Lipinski definition) is 0. The summed E-state index contributed by atoms with van der Waals surface area (Å²) in [5.74, 6) is 0. The molecule has 0 amide bonds. The average Bonchev–Trinajstić information content (AvgIpc) is 2.05. The molecule has 0 radical (unpaired) electrons. The van der Waals surface area contributed by atoms with Gasteiger partial charge in [-0.15, -0.1) is 13.2 Å². The topological polar surface area (TPSA) is 3.24 Å². The van der Waals surface area contributed by atoms with E-state index in [0.717, 1.165) is 13.1 Å². The molecule has 0 aliphatic rings. The SMILES string of the molecule is C=CCN(CC=C)CC(Cl)=C(Cl)Cl. The fourth-order valence-electron chi connectivity index (χ4n) is 0.825. The van der Waals surface area contributed by atoms with Gasteiger partial charge in [-0.05, 0) is 0 Å². The molecule has 0 saturated carbocycles. The molecule has 0 aliphatic heterocycles. The van der Waals surface area contributed by atoms with Crippen LogP contribution in [0.5, 0.6) is 0 Å². The summed E-state index contributed by atoms with van der Waals surface area (Å²) >= 11 is 16.8. The quantitative estimate of drug-likeness (QED) is 0.642. The van der Waals surface area contributed by atoms with Crippen LogP contribution in [0.1, 0.15) is 0 Å². The molecule has 1 nitrogen and oxygen atoms in total. The summed E-state index contributed by atoms with van der Waals surface area (Å²) in [6, 6.07) is 0. The van der Waals surface area contributed by atoms with Crippen LogP contribution in [0.25, 0.3) is 0 Å². The lowest BCUT2D eigenvalue weighted by atomic mass is 10.4. The van der Waals surface area contributed by atoms with Crippen LogP contribution < -0.4 is 0 Å². The molecule has 0 bridgehead atoms. The summed E-state index contributed by atoms with van der Waals surface area (Å²) in [6.45, 7) is 9.23. The molecule has 4 heteroatoms. The normalized spacial score (nSPS) is 9.85. The smallest absolute Gasteiger partial charge is 0.122 e. The van der Waals surface area contributed by atoms with E-state index in [0.29, 0.717) is 11.6 Å². The second-order valence-corrected chi connectivity index (χ2v) is 3.84. The third-order valence-corrected chi connectivity index (χ3v) is 2.30. The summed E-state index contributed by atoms with van der Waals surface area (Å²) in [7, 11) is 0. The first kappa shape index (κ1) is 13.1. The van der Waals surface area contributed by atoms with Crippen molar-refractivity contribution >= 4 is 34.8 Å². The largest absolute Gasteiger partial charge is 0.291 e. The molecule has 0 aliphatic carbocycles. The van der Waals surface area contributed by atoms with Gasteiger partial charge in [0.15, 0.2) is 0 Å². The van der Waals surface area contributed by atoms with Crippen molar-refractivity contribution in [1.82, 2.24) is 4.90 Å². The van der Waals surface area contributed by atoms with Gasteiger partial charge >= 0.3 is 0 Å². The molecule has 0 aromatic carbocycles. The zero-order valence-electron chi connectivity index (χ0n) is 7.27. The summed E-state index contributed by atoms with van der Waals surface area (Å²) in [5, 5.41) is 0.437. The Labute approximate surface area is 94.3 Å². The van der Waals surface area contributed by atoms with Gasteiger partial charge in [-0.2, -0.15) is 0 Å². The van der Waals surface area contributed by atoms with Crippen molar-refractivity contribution in [3.05, 3.63) is 34.8 Å². The van der Waals surface area contributed by atoms with Gasteiger partial charge in [-0.3, -0.25) is 4.90 Å². The zero-order chi connectivity index (χ0) is 10.3. The summed E-state index contributed by atoms with van der Waals surface area (Å²) in [4.78, 5) is 2.01. The van der Waals surface area contributed by atoms with Crippen molar-refractivity contribution < 1.29 is 0 Å². The maximum atomic E-state index is 5.79. The lowest BCUT2D eigenvalue weighted by Crippen LogP contribution is -2.25. The van der Waals surface area contributed by atoms with E-state index in [1.54, 1.807) is 12.2 Å². The van der Waals surface area contributed by atoms with Crippen LogP contribution >= 0.6 is 34.8 Å².